The molecule has 0 unspecified atom stereocenters. The molecule has 1 aromatic rings. The summed E-state index contributed by atoms with van der Waals surface area (Å²) in [6.45, 7) is 5.78. The van der Waals surface area contributed by atoms with Crippen LogP contribution in [0.4, 0.5) is 10.1 Å². The molecule has 17 heavy (non-hydrogen) atoms. The van der Waals surface area contributed by atoms with Crippen LogP contribution in [0.3, 0.4) is 0 Å². The van der Waals surface area contributed by atoms with Crippen molar-refractivity contribution in [3.8, 4) is 0 Å². The topological polar surface area (TPSA) is 38.5 Å². The molecule has 0 aliphatic heterocycles. The first-order valence-corrected chi connectivity index (χ1v) is 5.90. The number of hydrogen-bond acceptors (Lipinski definition) is 3. The summed E-state index contributed by atoms with van der Waals surface area (Å²) < 4.78 is 19.0. The highest BCUT2D eigenvalue weighted by Crippen LogP contribution is 2.26. The van der Waals surface area contributed by atoms with Gasteiger partial charge in [-0.05, 0) is 26.0 Å². The summed E-state index contributed by atoms with van der Waals surface area (Å²) in [5, 5.41) is 0. The van der Waals surface area contributed by atoms with Gasteiger partial charge in [0, 0.05) is 37.5 Å². The lowest BCUT2D eigenvalue weighted by atomic mass is 10.1. The number of rotatable bonds is 6. The summed E-state index contributed by atoms with van der Waals surface area (Å²) in [5.74, 6) is -0.249. The molecule has 96 valence electrons. The van der Waals surface area contributed by atoms with Crippen molar-refractivity contribution in [3.63, 3.8) is 0 Å². The Morgan fingerprint density at radius 2 is 2.18 bits per heavy atom. The second-order valence-corrected chi connectivity index (χ2v) is 4.08. The van der Waals surface area contributed by atoms with Gasteiger partial charge in [0.15, 0.2) is 0 Å². The number of nitrogens with two attached hydrogens (primary N) is 1. The zero-order valence-electron chi connectivity index (χ0n) is 10.7. The first kappa shape index (κ1) is 13.9. The Hall–Kier alpha value is -1.13. The number of halogens is 1. The van der Waals surface area contributed by atoms with Crippen LogP contribution in [0.2, 0.25) is 0 Å². The summed E-state index contributed by atoms with van der Waals surface area (Å²) in [4.78, 5) is 1.97. The average molecular weight is 240 g/mol. The second kappa shape index (κ2) is 6.57. The number of nitrogens with zero attached hydrogens (tertiary/aromatic N) is 1. The van der Waals surface area contributed by atoms with Crippen molar-refractivity contribution in [2.24, 2.45) is 5.73 Å². The van der Waals surface area contributed by atoms with E-state index in [1.165, 1.54) is 6.07 Å². The van der Waals surface area contributed by atoms with E-state index in [-0.39, 0.29) is 11.9 Å². The van der Waals surface area contributed by atoms with E-state index in [4.69, 9.17) is 10.5 Å². The molecular weight excluding hydrogens is 219 g/mol. The molecule has 1 atom stereocenters. The van der Waals surface area contributed by atoms with Gasteiger partial charge in [-0.3, -0.25) is 0 Å². The van der Waals surface area contributed by atoms with Gasteiger partial charge >= 0.3 is 0 Å². The van der Waals surface area contributed by atoms with Gasteiger partial charge in [0.05, 0.1) is 6.61 Å². The first-order chi connectivity index (χ1) is 8.07. The number of hydrogen-bond donors (Lipinski definition) is 1. The molecule has 2 N–H and O–H groups in total. The third-order valence-corrected chi connectivity index (χ3v) is 2.67. The van der Waals surface area contributed by atoms with Gasteiger partial charge in [-0.2, -0.15) is 0 Å². The van der Waals surface area contributed by atoms with E-state index in [2.05, 4.69) is 0 Å². The summed E-state index contributed by atoms with van der Waals surface area (Å²) >= 11 is 0. The molecule has 0 saturated carbocycles. The SMILES string of the molecule is CCOCCN(C)c1cccc(F)c1[C@H](C)N. The van der Waals surface area contributed by atoms with Gasteiger partial charge in [0.2, 0.25) is 0 Å². The summed E-state index contributed by atoms with van der Waals surface area (Å²) in [5.41, 5.74) is 7.20. The zero-order valence-corrected chi connectivity index (χ0v) is 10.7. The minimum atomic E-state index is -0.319. The van der Waals surface area contributed by atoms with Crippen LogP contribution in [-0.2, 0) is 4.74 Å². The van der Waals surface area contributed by atoms with Crippen molar-refractivity contribution >= 4 is 5.69 Å². The summed E-state index contributed by atoms with van der Waals surface area (Å²) in [6, 6.07) is 4.71. The smallest absolute Gasteiger partial charge is 0.130 e. The monoisotopic (exact) mass is 240 g/mol. The maximum atomic E-state index is 13.7. The van der Waals surface area contributed by atoms with Crippen molar-refractivity contribution in [2.45, 2.75) is 19.9 Å². The second-order valence-electron chi connectivity index (χ2n) is 4.08. The van der Waals surface area contributed by atoms with Gasteiger partial charge in [0.25, 0.3) is 0 Å². The molecule has 0 bridgehead atoms. The number of likely N-dealkylation sites (N-methyl/N-ethyl adjacent to an activating group) is 1. The minimum Gasteiger partial charge on any atom is -0.380 e. The number of benzene rings is 1. The van der Waals surface area contributed by atoms with E-state index in [0.717, 1.165) is 12.2 Å². The molecule has 0 spiro atoms. The van der Waals surface area contributed by atoms with Gasteiger partial charge in [-0.15, -0.1) is 0 Å². The van der Waals surface area contributed by atoms with Gasteiger partial charge in [-0.1, -0.05) is 6.07 Å². The number of anilines is 1. The molecule has 0 aliphatic carbocycles. The Kier molecular flexibility index (Phi) is 5.38. The van der Waals surface area contributed by atoms with Crippen LogP contribution in [0.5, 0.6) is 0 Å². The van der Waals surface area contributed by atoms with Crippen molar-refractivity contribution in [2.75, 3.05) is 31.7 Å². The number of ether oxygens (including phenoxy) is 1. The standard InChI is InChI=1S/C13H21FN2O/c1-4-17-9-8-16(3)12-7-5-6-11(14)13(12)10(2)15/h5-7,10H,4,8-9,15H2,1-3H3/t10-/m0/s1. The predicted molar refractivity (Wildman–Crippen MR) is 68.8 cm³/mol. The molecule has 0 saturated heterocycles. The predicted octanol–water partition coefficient (Wildman–Crippen LogP) is 2.32. The molecule has 1 aromatic carbocycles. The van der Waals surface area contributed by atoms with Gasteiger partial charge in [0.1, 0.15) is 5.82 Å². The van der Waals surface area contributed by atoms with E-state index in [0.29, 0.717) is 18.8 Å². The van der Waals surface area contributed by atoms with Crippen molar-refractivity contribution in [3.05, 3.63) is 29.6 Å². The van der Waals surface area contributed by atoms with Crippen LogP contribution in [0, 0.1) is 5.82 Å². The van der Waals surface area contributed by atoms with Crippen molar-refractivity contribution in [1.82, 2.24) is 0 Å². The maximum Gasteiger partial charge on any atom is 0.130 e. The molecule has 0 radical (unpaired) electrons. The fourth-order valence-corrected chi connectivity index (χ4v) is 1.78. The Morgan fingerprint density at radius 3 is 2.76 bits per heavy atom. The molecule has 0 aromatic heterocycles. The summed E-state index contributed by atoms with van der Waals surface area (Å²) in [7, 11) is 1.92. The molecule has 0 fully saturated rings. The molecule has 3 nitrogen and oxygen atoms in total. The van der Waals surface area contributed by atoms with Crippen LogP contribution >= 0.6 is 0 Å². The maximum absolute atomic E-state index is 13.7. The highest BCUT2D eigenvalue weighted by atomic mass is 19.1. The normalized spacial score (nSPS) is 12.5. The fourth-order valence-electron chi connectivity index (χ4n) is 1.78. The van der Waals surface area contributed by atoms with Crippen LogP contribution in [-0.4, -0.2) is 26.8 Å². The lowest BCUT2D eigenvalue weighted by molar-refractivity contribution is 0.154. The lowest BCUT2D eigenvalue weighted by Gasteiger charge is -2.24. The largest absolute Gasteiger partial charge is 0.380 e. The third kappa shape index (κ3) is 3.68. The Balaban J connectivity index is 2.85. The zero-order chi connectivity index (χ0) is 12.8. The van der Waals surface area contributed by atoms with Crippen LogP contribution in [0.15, 0.2) is 18.2 Å². The Morgan fingerprint density at radius 1 is 1.47 bits per heavy atom. The lowest BCUT2D eigenvalue weighted by Crippen LogP contribution is -2.25. The third-order valence-electron chi connectivity index (χ3n) is 2.67. The van der Waals surface area contributed by atoms with E-state index >= 15 is 0 Å². The molecular formula is C13H21FN2O. The quantitative estimate of drug-likeness (QED) is 0.775. The van der Waals surface area contributed by atoms with Crippen molar-refractivity contribution < 1.29 is 9.13 Å². The minimum absolute atomic E-state index is 0.249. The molecule has 0 aliphatic rings. The van der Waals surface area contributed by atoms with Crippen molar-refractivity contribution in [1.29, 1.82) is 0 Å². The fraction of sp³-hybridized carbons (Fsp3) is 0.538. The van der Waals surface area contributed by atoms with E-state index in [1.54, 1.807) is 13.0 Å². The van der Waals surface area contributed by atoms with Gasteiger partial charge < -0.3 is 15.4 Å². The molecule has 4 heteroatoms. The average Bonchev–Trinajstić information content (AvgIpc) is 2.28. The first-order valence-electron chi connectivity index (χ1n) is 5.90. The van der Waals surface area contributed by atoms with Crippen LogP contribution in [0.1, 0.15) is 25.5 Å². The van der Waals surface area contributed by atoms with Crippen LogP contribution in [0.25, 0.3) is 0 Å². The molecule has 0 heterocycles. The van der Waals surface area contributed by atoms with Crippen LogP contribution < -0.4 is 10.6 Å². The van der Waals surface area contributed by atoms with E-state index in [1.807, 2.05) is 24.9 Å². The van der Waals surface area contributed by atoms with Gasteiger partial charge in [-0.25, -0.2) is 4.39 Å². The summed E-state index contributed by atoms with van der Waals surface area (Å²) in [6.07, 6.45) is 0. The molecule has 0 amide bonds. The van der Waals surface area contributed by atoms with E-state index < -0.39 is 0 Å². The highest BCUT2D eigenvalue weighted by Gasteiger charge is 2.14. The van der Waals surface area contributed by atoms with E-state index in [9.17, 15) is 4.39 Å². The molecule has 1 rings (SSSR count). The Labute approximate surface area is 102 Å². The Bertz CT molecular complexity index is 355. The highest BCUT2D eigenvalue weighted by molar-refractivity contribution is 5.54.